The van der Waals surface area contributed by atoms with Crippen LogP contribution in [0.5, 0.6) is 0 Å². The monoisotopic (exact) mass is 303 g/mol. The summed E-state index contributed by atoms with van der Waals surface area (Å²) >= 11 is 12.0. The Bertz CT molecular complexity index is 406. The molecule has 0 saturated heterocycles. The number of benzene rings is 1. The van der Waals surface area contributed by atoms with E-state index in [4.69, 9.17) is 28.9 Å². The van der Waals surface area contributed by atoms with Crippen molar-refractivity contribution in [3.63, 3.8) is 0 Å². The molecule has 0 aliphatic rings. The third-order valence-electron chi connectivity index (χ3n) is 2.69. The Morgan fingerprint density at radius 1 is 1.32 bits per heavy atom. The number of hydrogen-bond acceptors (Lipinski definition) is 3. The van der Waals surface area contributed by atoms with Gasteiger partial charge < -0.3 is 16.0 Å². The van der Waals surface area contributed by atoms with Crippen molar-refractivity contribution in [1.29, 1.82) is 0 Å². The molecular weight excluding hydrogens is 285 g/mol. The van der Waals surface area contributed by atoms with E-state index in [0.29, 0.717) is 35.2 Å². The fourth-order valence-corrected chi connectivity index (χ4v) is 2.08. The van der Waals surface area contributed by atoms with Gasteiger partial charge in [-0.1, -0.05) is 29.3 Å². The van der Waals surface area contributed by atoms with E-state index >= 15 is 0 Å². The van der Waals surface area contributed by atoms with Crippen molar-refractivity contribution >= 4 is 34.8 Å². The highest BCUT2D eigenvalue weighted by Gasteiger charge is 2.10. The zero-order valence-electron chi connectivity index (χ0n) is 11.0. The summed E-state index contributed by atoms with van der Waals surface area (Å²) < 4.78 is 0. The van der Waals surface area contributed by atoms with E-state index in [1.54, 1.807) is 18.2 Å². The van der Waals surface area contributed by atoms with Crippen molar-refractivity contribution in [3.8, 4) is 0 Å². The Morgan fingerprint density at radius 3 is 2.53 bits per heavy atom. The maximum atomic E-state index is 11.8. The third-order valence-corrected chi connectivity index (χ3v) is 3.32. The second-order valence-electron chi connectivity index (χ2n) is 4.34. The minimum absolute atomic E-state index is 0.102. The average molecular weight is 304 g/mol. The number of nitrogens with zero attached hydrogens (tertiary/aromatic N) is 1. The first-order valence-corrected chi connectivity index (χ1v) is 6.92. The SMILES string of the molecule is CN(CCCN)CCC(=O)Nc1c(Cl)cccc1Cl. The summed E-state index contributed by atoms with van der Waals surface area (Å²) in [6.45, 7) is 2.22. The van der Waals surface area contributed by atoms with E-state index in [1.807, 2.05) is 7.05 Å². The number of halogens is 2. The van der Waals surface area contributed by atoms with Gasteiger partial charge in [-0.2, -0.15) is 0 Å². The quantitative estimate of drug-likeness (QED) is 0.814. The van der Waals surface area contributed by atoms with Gasteiger partial charge in [-0.15, -0.1) is 0 Å². The van der Waals surface area contributed by atoms with Crippen molar-refractivity contribution in [1.82, 2.24) is 4.90 Å². The lowest BCUT2D eigenvalue weighted by molar-refractivity contribution is -0.116. The van der Waals surface area contributed by atoms with Crippen LogP contribution < -0.4 is 11.1 Å². The molecule has 0 bridgehead atoms. The first-order chi connectivity index (χ1) is 9.04. The molecule has 19 heavy (non-hydrogen) atoms. The summed E-state index contributed by atoms with van der Waals surface area (Å²) in [6.07, 6.45) is 1.32. The lowest BCUT2D eigenvalue weighted by atomic mass is 10.3. The van der Waals surface area contributed by atoms with E-state index in [2.05, 4.69) is 10.2 Å². The number of nitrogens with one attached hydrogen (secondary N) is 1. The smallest absolute Gasteiger partial charge is 0.225 e. The molecule has 3 N–H and O–H groups in total. The van der Waals surface area contributed by atoms with Gasteiger partial charge in [0.15, 0.2) is 0 Å². The van der Waals surface area contributed by atoms with E-state index < -0.39 is 0 Å². The van der Waals surface area contributed by atoms with Crippen molar-refractivity contribution in [2.45, 2.75) is 12.8 Å². The van der Waals surface area contributed by atoms with Crippen LogP contribution in [0.4, 0.5) is 5.69 Å². The highest BCUT2D eigenvalue weighted by Crippen LogP contribution is 2.29. The number of rotatable bonds is 7. The minimum atomic E-state index is -0.102. The molecule has 4 nitrogen and oxygen atoms in total. The number of carbonyl (C=O) groups excluding carboxylic acids is 1. The summed E-state index contributed by atoms with van der Waals surface area (Å²) in [5, 5.41) is 3.62. The summed E-state index contributed by atoms with van der Waals surface area (Å²) in [5.41, 5.74) is 5.91. The number of amides is 1. The van der Waals surface area contributed by atoms with E-state index in [1.165, 1.54) is 0 Å². The van der Waals surface area contributed by atoms with Crippen LogP contribution in [-0.2, 0) is 4.79 Å². The zero-order valence-corrected chi connectivity index (χ0v) is 12.5. The molecule has 0 unspecified atom stereocenters. The molecule has 1 aromatic rings. The molecule has 0 aliphatic heterocycles. The summed E-state index contributed by atoms with van der Waals surface area (Å²) in [5.74, 6) is -0.102. The Balaban J connectivity index is 2.43. The Labute approximate surface area is 123 Å². The number of carbonyl (C=O) groups is 1. The highest BCUT2D eigenvalue weighted by atomic mass is 35.5. The molecule has 1 amide bonds. The van der Waals surface area contributed by atoms with Crippen LogP contribution in [0.25, 0.3) is 0 Å². The van der Waals surface area contributed by atoms with Crippen LogP contribution >= 0.6 is 23.2 Å². The van der Waals surface area contributed by atoms with Gasteiger partial charge in [0, 0.05) is 13.0 Å². The van der Waals surface area contributed by atoms with E-state index in [-0.39, 0.29) is 5.91 Å². The Hall–Kier alpha value is -0.810. The number of hydrogen-bond donors (Lipinski definition) is 2. The third kappa shape index (κ3) is 5.78. The second kappa shape index (κ2) is 8.38. The summed E-state index contributed by atoms with van der Waals surface area (Å²) in [6, 6.07) is 5.12. The maximum Gasteiger partial charge on any atom is 0.225 e. The van der Waals surface area contributed by atoms with Gasteiger partial charge in [-0.25, -0.2) is 0 Å². The lowest BCUT2D eigenvalue weighted by Crippen LogP contribution is -2.26. The number of nitrogens with two attached hydrogens (primary N) is 1. The van der Waals surface area contributed by atoms with E-state index in [9.17, 15) is 4.79 Å². The first kappa shape index (κ1) is 16.2. The van der Waals surface area contributed by atoms with Gasteiger partial charge in [0.05, 0.1) is 15.7 Å². The van der Waals surface area contributed by atoms with Crippen LogP contribution in [0.3, 0.4) is 0 Å². The summed E-state index contributed by atoms with van der Waals surface area (Å²) in [7, 11) is 1.96. The van der Waals surface area contributed by atoms with Crippen molar-refractivity contribution in [2.75, 3.05) is 32.0 Å². The molecule has 0 saturated carbocycles. The number of anilines is 1. The molecule has 0 aromatic heterocycles. The molecule has 0 fully saturated rings. The van der Waals surface area contributed by atoms with Gasteiger partial charge >= 0.3 is 0 Å². The Morgan fingerprint density at radius 2 is 1.95 bits per heavy atom. The molecule has 0 aliphatic carbocycles. The summed E-state index contributed by atoms with van der Waals surface area (Å²) in [4.78, 5) is 13.9. The molecule has 1 aromatic carbocycles. The van der Waals surface area contributed by atoms with Crippen LogP contribution in [0.15, 0.2) is 18.2 Å². The molecule has 0 radical (unpaired) electrons. The standard InChI is InChI=1S/C13H19Cl2N3O/c1-18(8-3-7-16)9-6-12(19)17-13-10(14)4-2-5-11(13)15/h2,4-5H,3,6-9,16H2,1H3,(H,17,19). The average Bonchev–Trinajstić information content (AvgIpc) is 2.38. The highest BCUT2D eigenvalue weighted by molar-refractivity contribution is 6.39. The lowest BCUT2D eigenvalue weighted by Gasteiger charge is -2.16. The van der Waals surface area contributed by atoms with Gasteiger partial charge in [-0.05, 0) is 38.7 Å². The minimum Gasteiger partial charge on any atom is -0.330 e. The Kier molecular flexibility index (Phi) is 7.16. The van der Waals surface area contributed by atoms with Crippen molar-refractivity contribution in [3.05, 3.63) is 28.2 Å². The fraction of sp³-hybridized carbons (Fsp3) is 0.462. The van der Waals surface area contributed by atoms with Crippen LogP contribution in [0, 0.1) is 0 Å². The molecule has 6 heteroatoms. The van der Waals surface area contributed by atoms with Crippen LogP contribution in [-0.4, -0.2) is 37.5 Å². The molecule has 0 heterocycles. The normalized spacial score (nSPS) is 10.8. The van der Waals surface area contributed by atoms with Gasteiger partial charge in [0.1, 0.15) is 0 Å². The van der Waals surface area contributed by atoms with Gasteiger partial charge in [0.25, 0.3) is 0 Å². The second-order valence-corrected chi connectivity index (χ2v) is 5.15. The largest absolute Gasteiger partial charge is 0.330 e. The van der Waals surface area contributed by atoms with Gasteiger partial charge in [0.2, 0.25) is 5.91 Å². The molecule has 0 spiro atoms. The van der Waals surface area contributed by atoms with Crippen molar-refractivity contribution in [2.24, 2.45) is 5.73 Å². The maximum absolute atomic E-state index is 11.8. The molecule has 0 atom stereocenters. The molecular formula is C13H19Cl2N3O. The molecule has 1 rings (SSSR count). The topological polar surface area (TPSA) is 58.4 Å². The first-order valence-electron chi connectivity index (χ1n) is 6.17. The van der Waals surface area contributed by atoms with Gasteiger partial charge in [-0.3, -0.25) is 4.79 Å². The predicted molar refractivity (Wildman–Crippen MR) is 80.9 cm³/mol. The van der Waals surface area contributed by atoms with Crippen LogP contribution in [0.2, 0.25) is 10.0 Å². The number of para-hydroxylation sites is 1. The van der Waals surface area contributed by atoms with Crippen LogP contribution in [0.1, 0.15) is 12.8 Å². The van der Waals surface area contributed by atoms with E-state index in [0.717, 1.165) is 13.0 Å². The predicted octanol–water partition coefficient (Wildman–Crippen LogP) is 2.60. The fourth-order valence-electron chi connectivity index (χ4n) is 1.58. The zero-order chi connectivity index (χ0) is 14.3. The molecule has 106 valence electrons. The van der Waals surface area contributed by atoms with Crippen molar-refractivity contribution < 1.29 is 4.79 Å².